The van der Waals surface area contributed by atoms with Crippen LogP contribution in [0.5, 0.6) is 0 Å². The number of aryl methyl sites for hydroxylation is 1. The Morgan fingerprint density at radius 2 is 2.32 bits per heavy atom. The van der Waals surface area contributed by atoms with Gasteiger partial charge in [0.2, 0.25) is 0 Å². The van der Waals surface area contributed by atoms with Gasteiger partial charge in [-0.05, 0) is 12.8 Å². The molecule has 0 bridgehead atoms. The molecule has 0 saturated carbocycles. The average molecular weight is 287 g/mol. The first-order valence-electron chi connectivity index (χ1n) is 6.97. The molecule has 0 amide bonds. The van der Waals surface area contributed by atoms with E-state index < -0.39 is 0 Å². The third-order valence-corrected chi connectivity index (χ3v) is 3.78. The molecule has 2 atom stereocenters. The van der Waals surface area contributed by atoms with Crippen molar-refractivity contribution in [3.05, 3.63) is 16.7 Å². The predicted molar refractivity (Wildman–Crippen MR) is 76.1 cm³/mol. The van der Waals surface area contributed by atoms with Gasteiger partial charge in [-0.3, -0.25) is 4.90 Å². The van der Waals surface area contributed by atoms with E-state index in [0.717, 1.165) is 37.3 Å². The second-order valence-corrected chi connectivity index (χ2v) is 5.76. The number of likely N-dealkylation sites (tertiary alicyclic amines) is 1. The van der Waals surface area contributed by atoms with Gasteiger partial charge in [0.1, 0.15) is 5.82 Å². The molecule has 0 aliphatic carbocycles. The Labute approximate surface area is 119 Å². The maximum atomic E-state index is 9.74. The van der Waals surface area contributed by atoms with Crippen molar-refractivity contribution in [1.82, 2.24) is 14.9 Å². The number of piperidine rings is 1. The largest absolute Gasteiger partial charge is 0.392 e. The zero-order chi connectivity index (χ0) is 13.8. The fourth-order valence-electron chi connectivity index (χ4n) is 2.56. The number of imidazole rings is 1. The maximum absolute atomic E-state index is 9.74. The van der Waals surface area contributed by atoms with Gasteiger partial charge in [0.15, 0.2) is 5.15 Å². The number of hydrogen-bond acceptors (Lipinski definition) is 4. The van der Waals surface area contributed by atoms with Crippen LogP contribution in [0.4, 0.5) is 0 Å². The molecule has 1 aromatic heterocycles. The number of nitrogens with zero attached hydrogens (tertiary/aromatic N) is 2. The Bertz CT molecular complexity index is 399. The van der Waals surface area contributed by atoms with E-state index in [1.165, 1.54) is 0 Å². The summed E-state index contributed by atoms with van der Waals surface area (Å²) in [6.45, 7) is 4.26. The van der Waals surface area contributed by atoms with Gasteiger partial charge in [0, 0.05) is 32.1 Å². The molecule has 1 aromatic rings. The van der Waals surface area contributed by atoms with E-state index in [9.17, 15) is 5.11 Å². The third kappa shape index (κ3) is 4.18. The van der Waals surface area contributed by atoms with E-state index in [4.69, 9.17) is 17.3 Å². The lowest BCUT2D eigenvalue weighted by atomic mass is 10.0. The van der Waals surface area contributed by atoms with Crippen LogP contribution < -0.4 is 5.73 Å². The summed E-state index contributed by atoms with van der Waals surface area (Å²) >= 11 is 6.15. The lowest BCUT2D eigenvalue weighted by Gasteiger charge is -2.33. The smallest absolute Gasteiger partial charge is 0.151 e. The minimum atomic E-state index is -0.343. The SMILES string of the molecule is CCCCc1nc(Cl)c(CN2C[C@@H](N)C[C@@H](O)C2)[nH]1. The molecular formula is C13H23ClN4O. The summed E-state index contributed by atoms with van der Waals surface area (Å²) in [5, 5.41) is 10.3. The summed E-state index contributed by atoms with van der Waals surface area (Å²) in [5.41, 5.74) is 6.84. The Kier molecular flexibility index (Phi) is 5.21. The molecule has 6 heteroatoms. The summed E-state index contributed by atoms with van der Waals surface area (Å²) < 4.78 is 0. The van der Waals surface area contributed by atoms with Gasteiger partial charge in [-0.2, -0.15) is 0 Å². The number of aromatic amines is 1. The summed E-state index contributed by atoms with van der Waals surface area (Å²) in [6.07, 6.45) is 3.51. The van der Waals surface area contributed by atoms with Crippen LogP contribution >= 0.6 is 11.6 Å². The van der Waals surface area contributed by atoms with Crippen LogP contribution in [0, 0.1) is 0 Å². The Morgan fingerprint density at radius 1 is 1.53 bits per heavy atom. The molecule has 1 fully saturated rings. The van der Waals surface area contributed by atoms with Crippen molar-refractivity contribution in [1.29, 1.82) is 0 Å². The molecule has 4 N–H and O–H groups in total. The quantitative estimate of drug-likeness (QED) is 0.762. The first-order chi connectivity index (χ1) is 9.08. The molecule has 0 unspecified atom stereocenters. The maximum Gasteiger partial charge on any atom is 0.151 e. The number of unbranched alkanes of at least 4 members (excludes halogenated alkanes) is 1. The van der Waals surface area contributed by atoms with Crippen LogP contribution in [-0.4, -0.2) is 45.2 Å². The van der Waals surface area contributed by atoms with Crippen molar-refractivity contribution in [3.8, 4) is 0 Å². The number of nitrogens with one attached hydrogen (secondary N) is 1. The first-order valence-corrected chi connectivity index (χ1v) is 7.35. The van der Waals surface area contributed by atoms with E-state index in [0.29, 0.717) is 24.7 Å². The molecule has 0 aromatic carbocycles. The van der Waals surface area contributed by atoms with Gasteiger partial charge in [-0.25, -0.2) is 4.98 Å². The minimum Gasteiger partial charge on any atom is -0.392 e. The highest BCUT2D eigenvalue weighted by Crippen LogP contribution is 2.18. The summed E-state index contributed by atoms with van der Waals surface area (Å²) in [5.74, 6) is 0.948. The molecule has 108 valence electrons. The second-order valence-electron chi connectivity index (χ2n) is 5.40. The second kappa shape index (κ2) is 6.70. The number of H-pyrrole nitrogens is 1. The molecule has 2 rings (SSSR count). The number of nitrogens with two attached hydrogens (primary N) is 1. The Morgan fingerprint density at radius 3 is 3.00 bits per heavy atom. The molecule has 0 spiro atoms. The molecule has 1 saturated heterocycles. The number of aliphatic hydroxyl groups is 1. The van der Waals surface area contributed by atoms with E-state index in [-0.39, 0.29) is 12.1 Å². The minimum absolute atomic E-state index is 0.0324. The van der Waals surface area contributed by atoms with Crippen LogP contribution in [0.1, 0.15) is 37.7 Å². The number of aliphatic hydroxyl groups excluding tert-OH is 1. The van der Waals surface area contributed by atoms with Crippen molar-refractivity contribution in [2.75, 3.05) is 13.1 Å². The van der Waals surface area contributed by atoms with E-state index in [2.05, 4.69) is 21.8 Å². The molecule has 1 aliphatic rings. The van der Waals surface area contributed by atoms with Crippen molar-refractivity contribution in [3.63, 3.8) is 0 Å². The monoisotopic (exact) mass is 286 g/mol. The topological polar surface area (TPSA) is 78.2 Å². The third-order valence-electron chi connectivity index (χ3n) is 3.46. The summed E-state index contributed by atoms with van der Waals surface area (Å²) in [7, 11) is 0. The molecule has 5 nitrogen and oxygen atoms in total. The van der Waals surface area contributed by atoms with Crippen LogP contribution in [0.3, 0.4) is 0 Å². The van der Waals surface area contributed by atoms with Crippen LogP contribution in [0.25, 0.3) is 0 Å². The van der Waals surface area contributed by atoms with Crippen molar-refractivity contribution in [2.24, 2.45) is 5.73 Å². The summed E-state index contributed by atoms with van der Waals surface area (Å²) in [4.78, 5) is 9.75. The molecule has 19 heavy (non-hydrogen) atoms. The van der Waals surface area contributed by atoms with Gasteiger partial charge in [-0.1, -0.05) is 24.9 Å². The van der Waals surface area contributed by atoms with Gasteiger partial charge in [0.05, 0.1) is 11.8 Å². The van der Waals surface area contributed by atoms with Crippen molar-refractivity contribution < 1.29 is 5.11 Å². The zero-order valence-electron chi connectivity index (χ0n) is 11.4. The highest BCUT2D eigenvalue weighted by molar-refractivity contribution is 6.30. The summed E-state index contributed by atoms with van der Waals surface area (Å²) in [6, 6.07) is 0.0324. The number of β-amino-alcohol motifs (C(OH)–C–C–N with tert-alkyl or cyclic N) is 1. The van der Waals surface area contributed by atoms with Gasteiger partial charge in [0.25, 0.3) is 0 Å². The van der Waals surface area contributed by atoms with Gasteiger partial charge >= 0.3 is 0 Å². The van der Waals surface area contributed by atoms with E-state index in [1.807, 2.05) is 0 Å². The molecule has 2 heterocycles. The van der Waals surface area contributed by atoms with Crippen molar-refractivity contribution in [2.45, 2.75) is 51.3 Å². The molecule has 0 radical (unpaired) electrons. The van der Waals surface area contributed by atoms with E-state index >= 15 is 0 Å². The molecule has 1 aliphatic heterocycles. The fourth-order valence-corrected chi connectivity index (χ4v) is 2.77. The predicted octanol–water partition coefficient (Wildman–Crippen LogP) is 1.30. The lowest BCUT2D eigenvalue weighted by molar-refractivity contribution is 0.0559. The van der Waals surface area contributed by atoms with Crippen LogP contribution in [0.15, 0.2) is 0 Å². The highest BCUT2D eigenvalue weighted by atomic mass is 35.5. The van der Waals surface area contributed by atoms with Crippen LogP contribution in [-0.2, 0) is 13.0 Å². The van der Waals surface area contributed by atoms with Crippen molar-refractivity contribution >= 4 is 11.6 Å². The Hall–Kier alpha value is -0.620. The fraction of sp³-hybridized carbons (Fsp3) is 0.769. The standard InChI is InChI=1S/C13H23ClN4O/c1-2-3-4-12-16-11(13(14)17-12)8-18-6-9(15)5-10(19)7-18/h9-10,19H,2-8,15H2,1H3,(H,16,17)/t9-,10+/m0/s1. The number of aromatic nitrogens is 2. The van der Waals surface area contributed by atoms with E-state index in [1.54, 1.807) is 0 Å². The number of hydrogen-bond donors (Lipinski definition) is 3. The van der Waals surface area contributed by atoms with Gasteiger partial charge in [-0.15, -0.1) is 0 Å². The highest BCUT2D eigenvalue weighted by Gasteiger charge is 2.24. The lowest BCUT2D eigenvalue weighted by Crippen LogP contribution is -2.48. The van der Waals surface area contributed by atoms with Gasteiger partial charge < -0.3 is 15.8 Å². The van der Waals surface area contributed by atoms with Crippen LogP contribution in [0.2, 0.25) is 5.15 Å². The average Bonchev–Trinajstić information content (AvgIpc) is 2.66. The molecular weight excluding hydrogens is 264 g/mol. The first kappa shape index (κ1) is 14.8. The normalized spacial score (nSPS) is 24.8. The zero-order valence-corrected chi connectivity index (χ0v) is 12.2. The number of rotatable bonds is 5. The Balaban J connectivity index is 1.96. The number of halogens is 1.